The Hall–Kier alpha value is -3.44. The summed E-state index contributed by atoms with van der Waals surface area (Å²) in [6.45, 7) is 1.72. The zero-order valence-corrected chi connectivity index (χ0v) is 16.9. The van der Waals surface area contributed by atoms with Crippen molar-refractivity contribution in [2.45, 2.75) is 13.5 Å². The van der Waals surface area contributed by atoms with Crippen LogP contribution in [0.5, 0.6) is 0 Å². The van der Waals surface area contributed by atoms with Gasteiger partial charge in [0.15, 0.2) is 0 Å². The third-order valence-corrected chi connectivity index (χ3v) is 5.21. The van der Waals surface area contributed by atoms with Crippen LogP contribution in [0.2, 0.25) is 5.02 Å². The Balaban J connectivity index is 1.77. The molecule has 0 atom stereocenters. The van der Waals surface area contributed by atoms with Crippen molar-refractivity contribution in [3.05, 3.63) is 106 Å². The predicted octanol–water partition coefficient (Wildman–Crippen LogP) is 5.18. The van der Waals surface area contributed by atoms with Gasteiger partial charge in [-0.05, 0) is 36.2 Å². The SMILES string of the molecule is Cc1ccc(Cl)cc1NC1=C(c2ccccc2)C(=O)N(Cc2ccccc2F)C1=O. The zero-order valence-electron chi connectivity index (χ0n) is 16.2. The molecule has 0 aromatic heterocycles. The normalized spacial score (nSPS) is 13.9. The summed E-state index contributed by atoms with van der Waals surface area (Å²) in [7, 11) is 0. The van der Waals surface area contributed by atoms with Crippen LogP contribution < -0.4 is 5.32 Å². The summed E-state index contributed by atoms with van der Waals surface area (Å²) < 4.78 is 14.2. The summed E-state index contributed by atoms with van der Waals surface area (Å²) in [6.07, 6.45) is 0. The maximum absolute atomic E-state index is 14.2. The first kappa shape index (κ1) is 19.9. The topological polar surface area (TPSA) is 49.4 Å². The fraction of sp³-hybridized carbons (Fsp3) is 0.0833. The molecule has 0 saturated heterocycles. The summed E-state index contributed by atoms with van der Waals surface area (Å²) in [5, 5.41) is 3.60. The number of halogens is 2. The molecule has 150 valence electrons. The van der Waals surface area contributed by atoms with Gasteiger partial charge < -0.3 is 5.32 Å². The molecule has 6 heteroatoms. The van der Waals surface area contributed by atoms with Crippen molar-refractivity contribution in [3.63, 3.8) is 0 Å². The number of carbonyl (C=O) groups excluding carboxylic acids is 2. The average molecular weight is 421 g/mol. The van der Waals surface area contributed by atoms with Crippen LogP contribution in [0.4, 0.5) is 10.1 Å². The van der Waals surface area contributed by atoms with Gasteiger partial charge in [-0.3, -0.25) is 14.5 Å². The van der Waals surface area contributed by atoms with E-state index in [9.17, 15) is 14.0 Å². The highest BCUT2D eigenvalue weighted by Crippen LogP contribution is 2.33. The molecule has 0 unspecified atom stereocenters. The van der Waals surface area contributed by atoms with Crippen molar-refractivity contribution >= 4 is 34.7 Å². The molecule has 4 nitrogen and oxygen atoms in total. The minimum absolute atomic E-state index is 0.146. The third kappa shape index (κ3) is 3.72. The van der Waals surface area contributed by atoms with Gasteiger partial charge in [0.05, 0.1) is 12.1 Å². The van der Waals surface area contributed by atoms with E-state index in [2.05, 4.69) is 5.32 Å². The highest BCUT2D eigenvalue weighted by molar-refractivity contribution is 6.36. The summed E-state index contributed by atoms with van der Waals surface area (Å²) in [5.41, 5.74) is 2.76. The Kier molecular flexibility index (Phi) is 5.38. The van der Waals surface area contributed by atoms with Crippen molar-refractivity contribution in [2.75, 3.05) is 5.32 Å². The van der Waals surface area contributed by atoms with Gasteiger partial charge in [0.25, 0.3) is 11.8 Å². The lowest BCUT2D eigenvalue weighted by molar-refractivity contribution is -0.137. The molecule has 1 heterocycles. The number of carbonyl (C=O) groups is 2. The smallest absolute Gasteiger partial charge is 0.278 e. The first-order chi connectivity index (χ1) is 14.5. The lowest BCUT2D eigenvalue weighted by Gasteiger charge is -2.16. The van der Waals surface area contributed by atoms with Gasteiger partial charge in [-0.1, -0.05) is 66.2 Å². The third-order valence-electron chi connectivity index (χ3n) is 4.98. The maximum atomic E-state index is 14.2. The molecule has 0 bridgehead atoms. The fourth-order valence-corrected chi connectivity index (χ4v) is 3.54. The molecule has 1 aliphatic rings. The molecule has 0 spiro atoms. The van der Waals surface area contributed by atoms with E-state index in [1.54, 1.807) is 54.6 Å². The summed E-state index contributed by atoms with van der Waals surface area (Å²) in [6, 6.07) is 20.3. The number of imide groups is 1. The molecule has 3 aromatic rings. The fourth-order valence-electron chi connectivity index (χ4n) is 3.37. The van der Waals surface area contributed by atoms with Crippen molar-refractivity contribution in [2.24, 2.45) is 0 Å². The van der Waals surface area contributed by atoms with Crippen LogP contribution in [0.1, 0.15) is 16.7 Å². The lowest BCUT2D eigenvalue weighted by atomic mass is 10.0. The van der Waals surface area contributed by atoms with E-state index < -0.39 is 17.6 Å². The van der Waals surface area contributed by atoms with Gasteiger partial charge in [-0.15, -0.1) is 0 Å². The van der Waals surface area contributed by atoms with Gasteiger partial charge in [0.2, 0.25) is 0 Å². The largest absolute Gasteiger partial charge is 0.350 e. The number of nitrogens with zero attached hydrogens (tertiary/aromatic N) is 1. The van der Waals surface area contributed by atoms with Gasteiger partial charge in [-0.2, -0.15) is 0 Å². The van der Waals surface area contributed by atoms with Crippen LogP contribution in [-0.2, 0) is 16.1 Å². The molecule has 0 radical (unpaired) electrons. The highest BCUT2D eigenvalue weighted by atomic mass is 35.5. The Bertz CT molecular complexity index is 1170. The van der Waals surface area contributed by atoms with Crippen LogP contribution in [0.25, 0.3) is 5.57 Å². The number of rotatable bonds is 5. The molecule has 3 aromatic carbocycles. The molecule has 0 aliphatic carbocycles. The van der Waals surface area contributed by atoms with E-state index in [1.165, 1.54) is 6.07 Å². The van der Waals surface area contributed by atoms with Gasteiger partial charge >= 0.3 is 0 Å². The summed E-state index contributed by atoms with van der Waals surface area (Å²) in [5.74, 6) is -1.45. The van der Waals surface area contributed by atoms with Crippen LogP contribution >= 0.6 is 11.6 Å². The minimum Gasteiger partial charge on any atom is -0.350 e. The van der Waals surface area contributed by atoms with Crippen LogP contribution in [-0.4, -0.2) is 16.7 Å². The lowest BCUT2D eigenvalue weighted by Crippen LogP contribution is -2.32. The number of anilines is 1. The predicted molar refractivity (Wildman–Crippen MR) is 115 cm³/mol. The molecule has 30 heavy (non-hydrogen) atoms. The molecule has 0 fully saturated rings. The standard InChI is InChI=1S/C24H18ClFN2O2/c1-15-11-12-18(25)13-20(15)27-22-21(16-7-3-2-4-8-16)23(29)28(24(22)30)14-17-9-5-6-10-19(17)26/h2-13,27H,14H2,1H3. The zero-order chi connectivity index (χ0) is 21.3. The number of nitrogens with one attached hydrogen (secondary N) is 1. The van der Waals surface area contributed by atoms with E-state index in [-0.39, 0.29) is 23.4 Å². The molecule has 1 aliphatic heterocycles. The highest BCUT2D eigenvalue weighted by Gasteiger charge is 2.39. The quantitative estimate of drug-likeness (QED) is 0.578. The van der Waals surface area contributed by atoms with E-state index >= 15 is 0 Å². The van der Waals surface area contributed by atoms with Crippen LogP contribution in [0.15, 0.2) is 78.5 Å². The Morgan fingerprint density at radius 2 is 1.63 bits per heavy atom. The average Bonchev–Trinajstić information content (AvgIpc) is 2.97. The van der Waals surface area contributed by atoms with Gasteiger partial charge in [0.1, 0.15) is 11.5 Å². The number of hydrogen-bond acceptors (Lipinski definition) is 3. The van der Waals surface area contributed by atoms with E-state index in [0.717, 1.165) is 10.5 Å². The monoisotopic (exact) mass is 420 g/mol. The van der Waals surface area contributed by atoms with Gasteiger partial charge in [0, 0.05) is 16.3 Å². The van der Waals surface area contributed by atoms with E-state index in [0.29, 0.717) is 16.3 Å². The van der Waals surface area contributed by atoms with Gasteiger partial charge in [-0.25, -0.2) is 4.39 Å². The number of hydrogen-bond donors (Lipinski definition) is 1. The van der Waals surface area contributed by atoms with Crippen molar-refractivity contribution in [1.82, 2.24) is 4.90 Å². The second-order valence-corrected chi connectivity index (χ2v) is 7.42. The van der Waals surface area contributed by atoms with Crippen molar-refractivity contribution in [1.29, 1.82) is 0 Å². The first-order valence-electron chi connectivity index (χ1n) is 9.38. The Labute approximate surface area is 178 Å². The molecular formula is C24H18ClFN2O2. The van der Waals surface area contributed by atoms with Crippen LogP contribution in [0, 0.1) is 12.7 Å². The summed E-state index contributed by atoms with van der Waals surface area (Å²) >= 11 is 6.11. The number of amides is 2. The summed E-state index contributed by atoms with van der Waals surface area (Å²) in [4.78, 5) is 27.5. The molecule has 2 amide bonds. The molecular weight excluding hydrogens is 403 g/mol. The Morgan fingerprint density at radius 3 is 2.37 bits per heavy atom. The second kappa shape index (κ2) is 8.13. The Morgan fingerprint density at radius 1 is 0.933 bits per heavy atom. The minimum atomic E-state index is -0.513. The van der Waals surface area contributed by atoms with E-state index in [1.807, 2.05) is 19.1 Å². The molecule has 0 saturated carbocycles. The van der Waals surface area contributed by atoms with Crippen molar-refractivity contribution < 1.29 is 14.0 Å². The van der Waals surface area contributed by atoms with Crippen LogP contribution in [0.3, 0.4) is 0 Å². The number of benzene rings is 3. The van der Waals surface area contributed by atoms with E-state index in [4.69, 9.17) is 11.6 Å². The number of aryl methyl sites for hydroxylation is 1. The first-order valence-corrected chi connectivity index (χ1v) is 9.76. The maximum Gasteiger partial charge on any atom is 0.278 e. The van der Waals surface area contributed by atoms with Crippen molar-refractivity contribution in [3.8, 4) is 0 Å². The molecule has 4 rings (SSSR count). The second-order valence-electron chi connectivity index (χ2n) is 6.99. The molecule has 1 N–H and O–H groups in total.